The molecule has 22 heavy (non-hydrogen) atoms. The zero-order chi connectivity index (χ0) is 16.8. The Labute approximate surface area is 135 Å². The Morgan fingerprint density at radius 1 is 1.41 bits per heavy atom. The molecule has 0 aromatic rings. The van der Waals surface area contributed by atoms with E-state index in [0.29, 0.717) is 19.5 Å². The van der Waals surface area contributed by atoms with Gasteiger partial charge < -0.3 is 10.2 Å². The normalized spacial score (nSPS) is 19.6. The molecule has 130 valence electrons. The van der Waals surface area contributed by atoms with Gasteiger partial charge in [-0.3, -0.25) is 9.89 Å². The van der Waals surface area contributed by atoms with Gasteiger partial charge in [0.1, 0.15) is 0 Å². The molecule has 1 fully saturated rings. The Balaban J connectivity index is 2.30. The summed E-state index contributed by atoms with van der Waals surface area (Å²) in [5.41, 5.74) is 0. The zero-order valence-corrected chi connectivity index (χ0v) is 14.7. The topological polar surface area (TPSA) is 30.9 Å². The monoisotopic (exact) mass is 340 g/mol. The second kappa shape index (κ2) is 8.29. The van der Waals surface area contributed by atoms with Crippen molar-refractivity contribution in [3.05, 3.63) is 0 Å². The SMILES string of the molecule is CN=C(NCCCN(C)CC(F)(F)F)N1CCSC(C)(C)C1. The summed E-state index contributed by atoms with van der Waals surface area (Å²) < 4.78 is 36.9. The van der Waals surface area contributed by atoms with Crippen LogP contribution in [-0.4, -0.2) is 79.3 Å². The Kier molecular flexibility index (Phi) is 7.31. The number of nitrogens with one attached hydrogen (secondary N) is 1. The lowest BCUT2D eigenvalue weighted by Gasteiger charge is -2.39. The summed E-state index contributed by atoms with van der Waals surface area (Å²) in [5.74, 6) is 1.90. The van der Waals surface area contributed by atoms with Gasteiger partial charge in [-0.1, -0.05) is 0 Å². The van der Waals surface area contributed by atoms with Gasteiger partial charge in [0.2, 0.25) is 0 Å². The van der Waals surface area contributed by atoms with Crippen molar-refractivity contribution in [1.82, 2.24) is 15.1 Å². The average molecular weight is 340 g/mol. The lowest BCUT2D eigenvalue weighted by Crippen LogP contribution is -2.51. The first-order chi connectivity index (χ1) is 10.1. The van der Waals surface area contributed by atoms with E-state index < -0.39 is 12.7 Å². The van der Waals surface area contributed by atoms with Crippen molar-refractivity contribution in [2.75, 3.05) is 52.6 Å². The van der Waals surface area contributed by atoms with Gasteiger partial charge in [-0.25, -0.2) is 0 Å². The van der Waals surface area contributed by atoms with Crippen LogP contribution in [0.1, 0.15) is 20.3 Å². The molecule has 4 nitrogen and oxygen atoms in total. The van der Waals surface area contributed by atoms with E-state index in [1.807, 2.05) is 11.8 Å². The number of aliphatic imine (C=N–C) groups is 1. The van der Waals surface area contributed by atoms with Crippen LogP contribution in [0.4, 0.5) is 13.2 Å². The van der Waals surface area contributed by atoms with E-state index >= 15 is 0 Å². The van der Waals surface area contributed by atoms with E-state index in [4.69, 9.17) is 0 Å². The van der Waals surface area contributed by atoms with Crippen LogP contribution in [0.15, 0.2) is 4.99 Å². The van der Waals surface area contributed by atoms with Crippen LogP contribution < -0.4 is 5.32 Å². The number of rotatable bonds is 5. The minimum absolute atomic E-state index is 0.197. The van der Waals surface area contributed by atoms with Gasteiger partial charge in [0.15, 0.2) is 5.96 Å². The smallest absolute Gasteiger partial charge is 0.356 e. The minimum Gasteiger partial charge on any atom is -0.356 e. The predicted octanol–water partition coefficient (Wildman–Crippen LogP) is 2.27. The summed E-state index contributed by atoms with van der Waals surface area (Å²) >= 11 is 1.95. The maximum Gasteiger partial charge on any atom is 0.401 e. The van der Waals surface area contributed by atoms with E-state index in [1.165, 1.54) is 11.9 Å². The quantitative estimate of drug-likeness (QED) is 0.473. The van der Waals surface area contributed by atoms with E-state index in [1.54, 1.807) is 7.05 Å². The molecule has 0 aliphatic carbocycles. The van der Waals surface area contributed by atoms with Crippen LogP contribution in [-0.2, 0) is 0 Å². The van der Waals surface area contributed by atoms with Crippen molar-refractivity contribution in [3.63, 3.8) is 0 Å². The molecule has 1 heterocycles. The summed E-state index contributed by atoms with van der Waals surface area (Å²) in [7, 11) is 3.24. The number of hydrogen-bond donors (Lipinski definition) is 1. The Hall–Kier alpha value is -0.630. The zero-order valence-electron chi connectivity index (χ0n) is 13.8. The van der Waals surface area contributed by atoms with Crippen LogP contribution in [0.3, 0.4) is 0 Å². The highest BCUT2D eigenvalue weighted by molar-refractivity contribution is 8.00. The van der Waals surface area contributed by atoms with Crippen LogP contribution in [0.5, 0.6) is 0 Å². The average Bonchev–Trinajstić information content (AvgIpc) is 2.35. The molecule has 0 saturated carbocycles. The largest absolute Gasteiger partial charge is 0.401 e. The number of thioether (sulfide) groups is 1. The number of hydrogen-bond acceptors (Lipinski definition) is 3. The van der Waals surface area contributed by atoms with Gasteiger partial charge in [0.25, 0.3) is 0 Å². The molecule has 0 radical (unpaired) electrons. The maximum absolute atomic E-state index is 12.2. The third-order valence-corrected chi connectivity index (χ3v) is 4.68. The number of guanidine groups is 1. The molecular formula is C14H27F3N4S. The molecule has 1 saturated heterocycles. The van der Waals surface area contributed by atoms with Gasteiger partial charge in [0.05, 0.1) is 6.54 Å². The number of halogens is 3. The molecule has 1 aliphatic rings. The van der Waals surface area contributed by atoms with E-state index in [9.17, 15) is 13.2 Å². The van der Waals surface area contributed by atoms with Crippen LogP contribution in [0.25, 0.3) is 0 Å². The van der Waals surface area contributed by atoms with Gasteiger partial charge in [-0.2, -0.15) is 24.9 Å². The highest BCUT2D eigenvalue weighted by atomic mass is 32.2. The van der Waals surface area contributed by atoms with Gasteiger partial charge >= 0.3 is 6.18 Å². The summed E-state index contributed by atoms with van der Waals surface area (Å²) in [6, 6.07) is 0. The third kappa shape index (κ3) is 7.58. The number of alkyl halides is 3. The molecule has 1 N–H and O–H groups in total. The Morgan fingerprint density at radius 3 is 2.64 bits per heavy atom. The first kappa shape index (κ1) is 19.4. The Morgan fingerprint density at radius 2 is 2.09 bits per heavy atom. The van der Waals surface area contributed by atoms with Crippen molar-refractivity contribution >= 4 is 17.7 Å². The summed E-state index contributed by atoms with van der Waals surface area (Å²) in [6.45, 7) is 6.46. The first-order valence-corrected chi connectivity index (χ1v) is 8.46. The van der Waals surface area contributed by atoms with Gasteiger partial charge in [0, 0.05) is 37.2 Å². The van der Waals surface area contributed by atoms with Gasteiger partial charge in [-0.05, 0) is 33.9 Å². The third-order valence-electron chi connectivity index (χ3n) is 3.39. The predicted molar refractivity (Wildman–Crippen MR) is 87.6 cm³/mol. The molecule has 0 unspecified atom stereocenters. The van der Waals surface area contributed by atoms with Crippen LogP contribution in [0, 0.1) is 0 Å². The van der Waals surface area contributed by atoms with E-state index in [-0.39, 0.29) is 4.75 Å². The summed E-state index contributed by atoms with van der Waals surface area (Å²) in [4.78, 5) is 7.80. The highest BCUT2D eigenvalue weighted by Gasteiger charge is 2.29. The minimum atomic E-state index is -4.13. The van der Waals surface area contributed by atoms with E-state index in [0.717, 1.165) is 24.8 Å². The standard InChI is InChI=1S/C14H27F3N4S/c1-13(2)10-21(8-9-22-13)12(18-3)19-6-5-7-20(4)11-14(15,16)17/h5-11H2,1-4H3,(H,18,19). The molecule has 0 aromatic heterocycles. The molecular weight excluding hydrogens is 313 g/mol. The highest BCUT2D eigenvalue weighted by Crippen LogP contribution is 2.29. The van der Waals surface area contributed by atoms with Crippen LogP contribution in [0.2, 0.25) is 0 Å². The molecule has 8 heteroatoms. The molecule has 0 atom stereocenters. The summed E-state index contributed by atoms with van der Waals surface area (Å²) in [5, 5.41) is 3.25. The maximum atomic E-state index is 12.2. The molecule has 1 rings (SSSR count). The van der Waals surface area contributed by atoms with Crippen molar-refractivity contribution in [3.8, 4) is 0 Å². The molecule has 0 spiro atoms. The Bertz CT molecular complexity index is 372. The fourth-order valence-electron chi connectivity index (χ4n) is 2.46. The van der Waals surface area contributed by atoms with Crippen molar-refractivity contribution in [2.45, 2.75) is 31.2 Å². The van der Waals surface area contributed by atoms with Crippen molar-refractivity contribution in [1.29, 1.82) is 0 Å². The lowest BCUT2D eigenvalue weighted by atomic mass is 10.2. The second-order valence-electron chi connectivity index (χ2n) is 6.21. The summed E-state index contributed by atoms with van der Waals surface area (Å²) in [6.07, 6.45) is -3.48. The second-order valence-corrected chi connectivity index (χ2v) is 8.01. The van der Waals surface area contributed by atoms with Gasteiger partial charge in [-0.15, -0.1) is 0 Å². The van der Waals surface area contributed by atoms with Crippen molar-refractivity contribution in [2.24, 2.45) is 4.99 Å². The fraction of sp³-hybridized carbons (Fsp3) is 0.929. The molecule has 1 aliphatic heterocycles. The number of nitrogens with zero attached hydrogens (tertiary/aromatic N) is 3. The first-order valence-electron chi connectivity index (χ1n) is 7.48. The molecule has 0 bridgehead atoms. The van der Waals surface area contributed by atoms with E-state index in [2.05, 4.69) is 29.1 Å². The molecule has 0 amide bonds. The van der Waals surface area contributed by atoms with Crippen LogP contribution >= 0.6 is 11.8 Å². The lowest BCUT2D eigenvalue weighted by molar-refractivity contribution is -0.143. The van der Waals surface area contributed by atoms with Crippen molar-refractivity contribution < 1.29 is 13.2 Å². The molecule has 0 aromatic carbocycles. The fourth-order valence-corrected chi connectivity index (χ4v) is 3.58.